The quantitative estimate of drug-likeness (QED) is 0.877. The number of rotatable bonds is 6. The molecule has 1 saturated heterocycles. The molecule has 0 unspecified atom stereocenters. The van der Waals surface area contributed by atoms with E-state index >= 15 is 0 Å². The maximum atomic E-state index is 12.1. The summed E-state index contributed by atoms with van der Waals surface area (Å²) in [5, 5.41) is 6.91. The molecule has 7 nitrogen and oxygen atoms in total. The highest BCUT2D eigenvalue weighted by atomic mass is 16.5. The van der Waals surface area contributed by atoms with Crippen LogP contribution in [0.5, 0.6) is 0 Å². The lowest BCUT2D eigenvalue weighted by atomic mass is 10.2. The lowest BCUT2D eigenvalue weighted by molar-refractivity contribution is -0.116. The van der Waals surface area contributed by atoms with E-state index in [1.807, 2.05) is 19.9 Å². The van der Waals surface area contributed by atoms with Gasteiger partial charge in [-0.25, -0.2) is 0 Å². The molecule has 1 aliphatic rings. The van der Waals surface area contributed by atoms with Crippen molar-refractivity contribution in [2.45, 2.75) is 45.1 Å². The first-order valence-corrected chi connectivity index (χ1v) is 8.41. The van der Waals surface area contributed by atoms with Gasteiger partial charge in [0, 0.05) is 25.1 Å². The number of hydrogen-bond acceptors (Lipinski definition) is 6. The van der Waals surface area contributed by atoms with Crippen LogP contribution in [0.15, 0.2) is 29.0 Å². The van der Waals surface area contributed by atoms with Crippen molar-refractivity contribution in [1.29, 1.82) is 0 Å². The summed E-state index contributed by atoms with van der Waals surface area (Å²) in [6.45, 7) is 5.72. The van der Waals surface area contributed by atoms with Crippen molar-refractivity contribution in [1.82, 2.24) is 20.0 Å². The zero-order chi connectivity index (χ0) is 16.9. The van der Waals surface area contributed by atoms with Crippen molar-refractivity contribution in [3.05, 3.63) is 36.2 Å². The number of pyridine rings is 1. The van der Waals surface area contributed by atoms with E-state index in [-0.39, 0.29) is 17.9 Å². The lowest BCUT2D eigenvalue weighted by Crippen LogP contribution is -2.28. The minimum atomic E-state index is -0.0120. The molecule has 1 amide bonds. The third-order valence-electron chi connectivity index (χ3n) is 4.19. The molecule has 3 heterocycles. The Morgan fingerprint density at radius 3 is 3.08 bits per heavy atom. The number of carbonyl (C=O) groups excluding carboxylic acids is 1. The standard InChI is InChI=1S/C17H23N5O2/c1-12(2)16-20-17(24-21-16)14-6-4-9-22(14)10-7-15(23)19-13-5-3-8-18-11-13/h3,5,8,11-12,14H,4,6-7,9-10H2,1-2H3,(H,19,23)/t14-/m0/s1. The molecule has 0 bridgehead atoms. The van der Waals surface area contributed by atoms with Gasteiger partial charge >= 0.3 is 0 Å². The summed E-state index contributed by atoms with van der Waals surface area (Å²) < 4.78 is 5.43. The Balaban J connectivity index is 1.55. The monoisotopic (exact) mass is 329 g/mol. The van der Waals surface area contributed by atoms with E-state index < -0.39 is 0 Å². The molecular weight excluding hydrogens is 306 g/mol. The minimum Gasteiger partial charge on any atom is -0.338 e. The van der Waals surface area contributed by atoms with Gasteiger partial charge in [0.2, 0.25) is 11.8 Å². The van der Waals surface area contributed by atoms with Gasteiger partial charge in [-0.1, -0.05) is 19.0 Å². The van der Waals surface area contributed by atoms with Gasteiger partial charge in [0.15, 0.2) is 5.82 Å². The smallest absolute Gasteiger partial charge is 0.244 e. The fourth-order valence-electron chi connectivity index (χ4n) is 2.90. The Morgan fingerprint density at radius 1 is 1.50 bits per heavy atom. The predicted octanol–water partition coefficient (Wildman–Crippen LogP) is 2.75. The summed E-state index contributed by atoms with van der Waals surface area (Å²) in [4.78, 5) is 22.8. The van der Waals surface area contributed by atoms with Crippen molar-refractivity contribution in [3.63, 3.8) is 0 Å². The van der Waals surface area contributed by atoms with Gasteiger partial charge in [0.1, 0.15) is 0 Å². The molecular formula is C17H23N5O2. The third kappa shape index (κ3) is 3.97. The average Bonchev–Trinajstić information content (AvgIpc) is 3.22. The van der Waals surface area contributed by atoms with Crippen LogP contribution in [0, 0.1) is 0 Å². The Bertz CT molecular complexity index is 671. The molecule has 1 fully saturated rings. The van der Waals surface area contributed by atoms with Crippen LogP contribution in [-0.2, 0) is 4.79 Å². The maximum Gasteiger partial charge on any atom is 0.244 e. The summed E-state index contributed by atoms with van der Waals surface area (Å²) >= 11 is 0. The first kappa shape index (κ1) is 16.6. The van der Waals surface area contributed by atoms with E-state index in [1.54, 1.807) is 18.5 Å². The van der Waals surface area contributed by atoms with Crippen LogP contribution in [-0.4, -0.2) is 39.0 Å². The van der Waals surface area contributed by atoms with Crippen molar-refractivity contribution in [3.8, 4) is 0 Å². The maximum absolute atomic E-state index is 12.1. The summed E-state index contributed by atoms with van der Waals surface area (Å²) in [5.41, 5.74) is 0.721. The predicted molar refractivity (Wildman–Crippen MR) is 89.4 cm³/mol. The topological polar surface area (TPSA) is 84.2 Å². The van der Waals surface area contributed by atoms with Crippen molar-refractivity contribution < 1.29 is 9.32 Å². The van der Waals surface area contributed by atoms with E-state index in [0.717, 1.165) is 30.9 Å². The van der Waals surface area contributed by atoms with Gasteiger partial charge in [-0.3, -0.25) is 14.7 Å². The van der Waals surface area contributed by atoms with Gasteiger partial charge in [-0.15, -0.1) is 0 Å². The minimum absolute atomic E-state index is 0.0120. The van der Waals surface area contributed by atoms with Crippen molar-refractivity contribution in [2.75, 3.05) is 18.4 Å². The van der Waals surface area contributed by atoms with Crippen LogP contribution in [0.1, 0.15) is 56.8 Å². The average molecular weight is 329 g/mol. The molecule has 1 aliphatic heterocycles. The van der Waals surface area contributed by atoms with Crippen molar-refractivity contribution >= 4 is 11.6 Å². The van der Waals surface area contributed by atoms with Gasteiger partial charge < -0.3 is 9.84 Å². The molecule has 1 atom stereocenters. The molecule has 2 aromatic heterocycles. The van der Waals surface area contributed by atoms with Gasteiger partial charge in [0.05, 0.1) is 17.9 Å². The Labute approximate surface area is 141 Å². The summed E-state index contributed by atoms with van der Waals surface area (Å²) in [6.07, 6.45) is 5.82. The molecule has 0 saturated carbocycles. The number of nitrogens with zero attached hydrogens (tertiary/aromatic N) is 4. The number of carbonyl (C=O) groups is 1. The first-order chi connectivity index (χ1) is 11.6. The van der Waals surface area contributed by atoms with Gasteiger partial charge in [-0.2, -0.15) is 4.98 Å². The number of likely N-dealkylation sites (tertiary alicyclic amines) is 1. The molecule has 0 aromatic carbocycles. The lowest BCUT2D eigenvalue weighted by Gasteiger charge is -2.21. The fraction of sp³-hybridized carbons (Fsp3) is 0.529. The molecule has 3 rings (SSSR count). The van der Waals surface area contributed by atoms with Gasteiger partial charge in [0.25, 0.3) is 0 Å². The highest BCUT2D eigenvalue weighted by Crippen LogP contribution is 2.31. The highest BCUT2D eigenvalue weighted by molar-refractivity contribution is 5.90. The van der Waals surface area contributed by atoms with E-state index in [0.29, 0.717) is 18.9 Å². The van der Waals surface area contributed by atoms with Crippen LogP contribution in [0.25, 0.3) is 0 Å². The second-order valence-corrected chi connectivity index (χ2v) is 6.38. The van der Waals surface area contributed by atoms with Crippen LogP contribution in [0.3, 0.4) is 0 Å². The molecule has 2 aromatic rings. The van der Waals surface area contributed by atoms with Gasteiger partial charge in [-0.05, 0) is 31.5 Å². The summed E-state index contributed by atoms with van der Waals surface area (Å²) in [5.74, 6) is 1.65. The zero-order valence-corrected chi connectivity index (χ0v) is 14.1. The second kappa shape index (κ2) is 7.53. The number of anilines is 1. The Morgan fingerprint density at radius 2 is 2.38 bits per heavy atom. The molecule has 1 N–H and O–H groups in total. The second-order valence-electron chi connectivity index (χ2n) is 6.38. The normalized spacial score (nSPS) is 18.2. The van der Waals surface area contributed by atoms with Crippen LogP contribution >= 0.6 is 0 Å². The van der Waals surface area contributed by atoms with Crippen LogP contribution < -0.4 is 5.32 Å². The molecule has 0 radical (unpaired) electrons. The van der Waals surface area contributed by atoms with Crippen LogP contribution in [0.2, 0.25) is 0 Å². The third-order valence-corrected chi connectivity index (χ3v) is 4.19. The molecule has 0 aliphatic carbocycles. The number of aromatic nitrogens is 3. The Kier molecular flexibility index (Phi) is 5.20. The molecule has 128 valence electrons. The SMILES string of the molecule is CC(C)c1noc([C@@H]2CCCN2CCC(=O)Nc2cccnc2)n1. The van der Waals surface area contributed by atoms with E-state index in [2.05, 4.69) is 25.3 Å². The van der Waals surface area contributed by atoms with E-state index in [1.165, 1.54) is 0 Å². The first-order valence-electron chi connectivity index (χ1n) is 8.41. The summed E-state index contributed by atoms with van der Waals surface area (Å²) in [6, 6.07) is 3.75. The molecule has 24 heavy (non-hydrogen) atoms. The van der Waals surface area contributed by atoms with E-state index in [9.17, 15) is 4.79 Å². The highest BCUT2D eigenvalue weighted by Gasteiger charge is 2.31. The zero-order valence-electron chi connectivity index (χ0n) is 14.1. The van der Waals surface area contributed by atoms with Crippen LogP contribution in [0.4, 0.5) is 5.69 Å². The fourth-order valence-corrected chi connectivity index (χ4v) is 2.90. The molecule has 0 spiro atoms. The van der Waals surface area contributed by atoms with Crippen molar-refractivity contribution in [2.24, 2.45) is 0 Å². The summed E-state index contributed by atoms with van der Waals surface area (Å²) in [7, 11) is 0. The number of hydrogen-bond donors (Lipinski definition) is 1. The number of amides is 1. The largest absolute Gasteiger partial charge is 0.338 e. The molecule has 7 heteroatoms. The number of nitrogens with one attached hydrogen (secondary N) is 1. The Hall–Kier alpha value is -2.28. The van der Waals surface area contributed by atoms with E-state index in [4.69, 9.17) is 4.52 Å².